The summed E-state index contributed by atoms with van der Waals surface area (Å²) in [7, 11) is 0. The predicted molar refractivity (Wildman–Crippen MR) is 584 cm³/mol. The van der Waals surface area contributed by atoms with E-state index in [1.165, 1.54) is 12.1 Å². The summed E-state index contributed by atoms with van der Waals surface area (Å²) < 4.78 is 133. The second-order valence-electron chi connectivity index (χ2n) is 35.9. The summed E-state index contributed by atoms with van der Waals surface area (Å²) in [4.78, 5) is 14.2. The number of halogens is 8. The molecule has 0 fully saturated rings. The van der Waals surface area contributed by atoms with E-state index in [1.54, 1.807) is 141 Å². The molecular formula is C132H76F8N8. The molecule has 24 aromatic carbocycles. The zero-order valence-corrected chi connectivity index (χ0v) is 78.5. The van der Waals surface area contributed by atoms with Crippen LogP contribution < -0.4 is 19.6 Å². The molecule has 16 heteroatoms. The molecule has 700 valence electrons. The number of anilines is 12. The Morgan fingerprint density at radius 1 is 0.182 bits per heavy atom. The zero-order valence-electron chi connectivity index (χ0n) is 78.5. The van der Waals surface area contributed by atoms with Crippen molar-refractivity contribution in [3.8, 4) is 101 Å². The average molecular weight is 1930 g/mol. The quantitative estimate of drug-likeness (QED) is 0.0430. The number of benzene rings is 24. The monoisotopic (exact) mass is 1920 g/mol. The fourth-order valence-electron chi connectivity index (χ4n) is 20.5. The summed E-state index contributed by atoms with van der Waals surface area (Å²) in [6.07, 6.45) is 0. The first kappa shape index (κ1) is 91.7. The molecular weight excluding hydrogens is 1850 g/mol. The predicted octanol–water partition coefficient (Wildman–Crippen LogP) is 38.3. The lowest BCUT2D eigenvalue weighted by molar-refractivity contribution is 0.586. The van der Waals surface area contributed by atoms with Gasteiger partial charge in [-0.15, -0.1) is 0 Å². The Hall–Kier alpha value is -20.0. The van der Waals surface area contributed by atoms with Crippen molar-refractivity contribution in [3.63, 3.8) is 0 Å². The van der Waals surface area contributed by atoms with Gasteiger partial charge >= 0.3 is 0 Å². The summed E-state index contributed by atoms with van der Waals surface area (Å²) in [5, 5.41) is 29.4. The molecule has 0 saturated heterocycles. The van der Waals surface area contributed by atoms with E-state index in [2.05, 4.69) is 21.8 Å². The Morgan fingerprint density at radius 2 is 0.419 bits per heavy atom. The number of nitriles is 2. The smallest absolute Gasteiger partial charge is 0.187 e. The number of hydrogen-bond donors (Lipinski definition) is 0. The summed E-state index contributed by atoms with van der Waals surface area (Å²) in [6, 6.07) is 142. The number of hydrogen-bond acceptors (Lipinski definition) is 6. The molecule has 0 aromatic heterocycles. The molecule has 148 heavy (non-hydrogen) atoms. The topological polar surface area (TPSA) is 69.3 Å². The highest BCUT2D eigenvalue weighted by Gasteiger charge is 2.32. The Labute approximate surface area is 846 Å². The maximum atomic E-state index is 16.9. The summed E-state index contributed by atoms with van der Waals surface area (Å²) >= 11 is 0. The van der Waals surface area contributed by atoms with Crippen LogP contribution in [0, 0.1) is 82.3 Å². The molecule has 0 spiro atoms. The third-order valence-corrected chi connectivity index (χ3v) is 27.5. The molecule has 0 atom stereocenters. The van der Waals surface area contributed by atoms with E-state index in [0.717, 1.165) is 133 Å². The van der Waals surface area contributed by atoms with Gasteiger partial charge in [0.25, 0.3) is 0 Å². The van der Waals surface area contributed by atoms with Gasteiger partial charge in [-0.2, -0.15) is 10.5 Å². The van der Waals surface area contributed by atoms with Crippen molar-refractivity contribution >= 4 is 144 Å². The Bertz CT molecular complexity index is 8960. The average Bonchev–Trinajstić information content (AvgIpc) is 0.717. The van der Waals surface area contributed by atoms with E-state index < -0.39 is 46.5 Å². The highest BCUT2D eigenvalue weighted by Crippen LogP contribution is 2.55. The Morgan fingerprint density at radius 3 is 0.703 bits per heavy atom. The van der Waals surface area contributed by atoms with E-state index >= 15 is 35.1 Å². The van der Waals surface area contributed by atoms with Gasteiger partial charge in [0.15, 0.2) is 11.4 Å². The van der Waals surface area contributed by atoms with Crippen LogP contribution in [0.15, 0.2) is 461 Å². The lowest BCUT2D eigenvalue weighted by atomic mass is 9.91. The highest BCUT2D eigenvalue weighted by molar-refractivity contribution is 6.30. The van der Waals surface area contributed by atoms with Crippen LogP contribution in [-0.2, 0) is 0 Å². The van der Waals surface area contributed by atoms with Gasteiger partial charge in [-0.05, 0) is 243 Å². The minimum atomic E-state index is -0.798. The first-order valence-corrected chi connectivity index (χ1v) is 47.7. The van der Waals surface area contributed by atoms with Crippen LogP contribution in [0.4, 0.5) is 115 Å². The van der Waals surface area contributed by atoms with Crippen LogP contribution in [-0.4, -0.2) is 0 Å². The van der Waals surface area contributed by atoms with Crippen molar-refractivity contribution in [2.24, 2.45) is 0 Å². The molecule has 0 aliphatic carbocycles. The molecule has 0 aliphatic rings. The van der Waals surface area contributed by atoms with E-state index in [-0.39, 0.29) is 45.0 Å². The highest BCUT2D eigenvalue weighted by atomic mass is 19.2. The SMILES string of the molecule is [C-]#[N+]c1ccc(N(c2cc(-c3cccc(-c4ccccc4)c3)c(F)cc2F)c2ccc3ccc4c(N(c5ccc(C#N)cc5)c5cc(-c6cccc(-c7ccccc7)c6)c(F)cc5F)ccc5ccc2c3c54)cc1.[C-]#[N+]c1ccc(N(c2cc(-c3ccccc3-c3ccccc3)c(F)cc2F)c2ccc3ccc4c(N(c5ccc(C#N)cc5)c5cc(-c6ccccc6-c6ccccc6)c(F)cc5F)ccc5ccc2c3c54)cc1. The van der Waals surface area contributed by atoms with Gasteiger partial charge in [0.1, 0.15) is 46.5 Å². The maximum absolute atomic E-state index is 16.9. The second kappa shape index (κ2) is 38.8. The molecule has 0 aliphatic heterocycles. The van der Waals surface area contributed by atoms with E-state index in [0.29, 0.717) is 90.3 Å². The summed E-state index contributed by atoms with van der Waals surface area (Å²) in [5.74, 6) is -6.08. The number of rotatable bonds is 20. The standard InChI is InChI=1S/2C66H38F4N4/c1-72-46-26-30-48(31-27-46)74(64-37-56(58(68)39-60(64)70)52-19-11-9-17-50(52)43-14-6-3-7-15-43)62-35-25-45-22-32-53-61(34-24-44-23-33-54(62)66(45)65(44)53)73(47-28-20-41(40-71)21-29-47)63-36-55(57(67)38-59(63)69)51-18-10-8-16-49(51)42-12-4-2-5-13-42;1-72-50-24-28-52(29-25-50)74(64-37-56(58(68)39-60(64)70)49-17-9-15-47(35-49)43-12-6-3-7-13-43)62-33-23-45-20-30-53-61(32-22-44-21-31-54(62)66(45)65(44)53)73(51-26-18-41(40-71)19-27-51)63-36-55(57(67)38-59(63)69)48-16-8-14-46(34-48)42-10-4-2-5-11-42/h2*2-39H. The van der Waals surface area contributed by atoms with Gasteiger partial charge in [-0.25, -0.2) is 44.8 Å². The lowest BCUT2D eigenvalue weighted by Gasteiger charge is -2.30. The van der Waals surface area contributed by atoms with Crippen molar-refractivity contribution in [1.82, 2.24) is 0 Å². The van der Waals surface area contributed by atoms with Gasteiger partial charge in [-0.1, -0.05) is 303 Å². The maximum Gasteiger partial charge on any atom is 0.187 e. The second-order valence-corrected chi connectivity index (χ2v) is 35.9. The minimum absolute atomic E-state index is 0.0789. The largest absolute Gasteiger partial charge is 0.307 e. The van der Waals surface area contributed by atoms with Crippen LogP contribution in [0.1, 0.15) is 11.1 Å². The molecule has 0 heterocycles. The Kier molecular flexibility index (Phi) is 24.0. The first-order valence-electron chi connectivity index (χ1n) is 47.7. The molecule has 0 unspecified atom stereocenters. The van der Waals surface area contributed by atoms with Gasteiger partial charge in [0, 0.05) is 90.8 Å². The molecule has 0 radical (unpaired) electrons. The third-order valence-electron chi connectivity index (χ3n) is 27.5. The van der Waals surface area contributed by atoms with Crippen molar-refractivity contribution in [1.29, 1.82) is 10.5 Å². The third kappa shape index (κ3) is 16.8. The zero-order chi connectivity index (χ0) is 101. The first-order chi connectivity index (χ1) is 72.5. The molecule has 8 nitrogen and oxygen atoms in total. The summed E-state index contributed by atoms with van der Waals surface area (Å²) in [5.41, 5.74) is 16.4. The lowest BCUT2D eigenvalue weighted by Crippen LogP contribution is -2.14. The van der Waals surface area contributed by atoms with Gasteiger partial charge in [0.05, 0.1) is 81.9 Å². The summed E-state index contributed by atoms with van der Waals surface area (Å²) in [6.45, 7) is 15.4. The molecule has 0 N–H and O–H groups in total. The normalized spacial score (nSPS) is 11.2. The molecule has 24 rings (SSSR count). The van der Waals surface area contributed by atoms with E-state index in [4.69, 9.17) is 13.1 Å². The van der Waals surface area contributed by atoms with Crippen molar-refractivity contribution in [2.45, 2.75) is 0 Å². The van der Waals surface area contributed by atoms with Crippen LogP contribution in [0.2, 0.25) is 0 Å². The van der Waals surface area contributed by atoms with Crippen molar-refractivity contribution in [2.75, 3.05) is 19.6 Å². The molecule has 0 amide bonds. The Balaban J connectivity index is 0.000000163. The van der Waals surface area contributed by atoms with Crippen LogP contribution >= 0.6 is 0 Å². The van der Waals surface area contributed by atoms with Crippen LogP contribution in [0.25, 0.3) is 163 Å². The van der Waals surface area contributed by atoms with E-state index in [1.807, 2.05) is 303 Å². The van der Waals surface area contributed by atoms with Gasteiger partial charge in [0.2, 0.25) is 0 Å². The fraction of sp³-hybridized carbons (Fsp3) is 0. The molecule has 0 saturated carbocycles. The van der Waals surface area contributed by atoms with Crippen molar-refractivity contribution < 1.29 is 35.1 Å². The van der Waals surface area contributed by atoms with Crippen molar-refractivity contribution in [3.05, 3.63) is 542 Å². The number of nitrogens with zero attached hydrogens (tertiary/aromatic N) is 8. The fourth-order valence-corrected chi connectivity index (χ4v) is 20.5. The molecule has 24 aromatic rings. The van der Waals surface area contributed by atoms with Gasteiger partial charge < -0.3 is 19.6 Å². The van der Waals surface area contributed by atoms with E-state index in [9.17, 15) is 10.5 Å². The van der Waals surface area contributed by atoms with Crippen LogP contribution in [0.3, 0.4) is 0 Å². The van der Waals surface area contributed by atoms with Crippen LogP contribution in [0.5, 0.6) is 0 Å². The minimum Gasteiger partial charge on any atom is -0.307 e. The van der Waals surface area contributed by atoms with Gasteiger partial charge in [-0.3, -0.25) is 0 Å². The molecule has 0 bridgehead atoms.